The number of piperidine rings is 2. The molecule has 0 aliphatic carbocycles. The Morgan fingerprint density at radius 3 is 2.03 bits per heavy atom. The minimum atomic E-state index is 0.180. The zero-order chi connectivity index (χ0) is 21.5. The second-order valence-electron chi connectivity index (χ2n) is 9.02. The molecule has 0 radical (unpaired) electrons. The molecule has 0 spiro atoms. The number of hydrogen-bond acceptors (Lipinski definition) is 3. The Hall–Kier alpha value is -2.43. The Morgan fingerprint density at radius 1 is 0.871 bits per heavy atom. The molecule has 0 atom stereocenters. The molecule has 0 bridgehead atoms. The molecule has 0 aromatic heterocycles. The van der Waals surface area contributed by atoms with Gasteiger partial charge in [-0.15, -0.1) is 0 Å². The summed E-state index contributed by atoms with van der Waals surface area (Å²) in [4.78, 5) is 20.5. The van der Waals surface area contributed by atoms with E-state index in [1.54, 1.807) is 6.08 Å². The van der Waals surface area contributed by atoms with Crippen LogP contribution < -0.4 is 0 Å². The molecule has 1 amide bonds. The van der Waals surface area contributed by atoms with Crippen molar-refractivity contribution in [2.45, 2.75) is 44.3 Å². The lowest BCUT2D eigenvalue weighted by Crippen LogP contribution is -2.53. The second-order valence-corrected chi connectivity index (χ2v) is 9.02. The van der Waals surface area contributed by atoms with Crippen molar-refractivity contribution < 1.29 is 4.79 Å². The predicted molar refractivity (Wildman–Crippen MR) is 128 cm³/mol. The van der Waals surface area contributed by atoms with Crippen LogP contribution in [-0.4, -0.2) is 65.9 Å². The predicted octanol–water partition coefficient (Wildman–Crippen LogP) is 4.29. The Bertz CT molecular complexity index is 835. The third-order valence-corrected chi connectivity index (χ3v) is 6.75. The number of carbonyl (C=O) groups is 1. The molecule has 4 nitrogen and oxygen atoms in total. The lowest BCUT2D eigenvalue weighted by Gasteiger charge is -2.44. The quantitative estimate of drug-likeness (QED) is 0.656. The lowest BCUT2D eigenvalue weighted by molar-refractivity contribution is -0.133. The first-order chi connectivity index (χ1) is 15.2. The summed E-state index contributed by atoms with van der Waals surface area (Å²) < 4.78 is 0. The number of amides is 1. The highest BCUT2D eigenvalue weighted by molar-refractivity contribution is 5.92. The van der Waals surface area contributed by atoms with Crippen LogP contribution in [0, 0.1) is 0 Å². The SMILES string of the molecule is CN1CCC(N(C(=O)C=Cc2ccccc2)C2CCN(Cc3ccccc3)CC2)CC1. The van der Waals surface area contributed by atoms with Crippen LogP contribution >= 0.6 is 0 Å². The van der Waals surface area contributed by atoms with Crippen LogP contribution in [0.2, 0.25) is 0 Å². The van der Waals surface area contributed by atoms with E-state index in [4.69, 9.17) is 0 Å². The average molecular weight is 418 g/mol. The summed E-state index contributed by atoms with van der Waals surface area (Å²) in [5.41, 5.74) is 2.45. The minimum absolute atomic E-state index is 0.180. The number of likely N-dealkylation sites (tertiary alicyclic amines) is 2. The molecule has 4 heteroatoms. The van der Waals surface area contributed by atoms with Gasteiger partial charge in [-0.3, -0.25) is 9.69 Å². The highest BCUT2D eigenvalue weighted by Gasteiger charge is 2.33. The highest BCUT2D eigenvalue weighted by Crippen LogP contribution is 2.25. The van der Waals surface area contributed by atoms with Crippen LogP contribution in [0.25, 0.3) is 6.08 Å². The van der Waals surface area contributed by atoms with Gasteiger partial charge in [0.2, 0.25) is 5.91 Å². The van der Waals surface area contributed by atoms with E-state index in [2.05, 4.69) is 52.1 Å². The fourth-order valence-electron chi connectivity index (χ4n) is 4.95. The summed E-state index contributed by atoms with van der Waals surface area (Å²) in [6.07, 6.45) is 8.03. The summed E-state index contributed by atoms with van der Waals surface area (Å²) in [5.74, 6) is 0.180. The average Bonchev–Trinajstić information content (AvgIpc) is 2.82. The summed E-state index contributed by atoms with van der Waals surface area (Å²) in [6, 6.07) is 21.5. The first kappa shape index (κ1) is 21.8. The van der Waals surface area contributed by atoms with Crippen LogP contribution in [0.4, 0.5) is 0 Å². The van der Waals surface area contributed by atoms with Gasteiger partial charge in [0, 0.05) is 37.8 Å². The van der Waals surface area contributed by atoms with Crippen molar-refractivity contribution in [2.24, 2.45) is 0 Å². The van der Waals surface area contributed by atoms with Gasteiger partial charge >= 0.3 is 0 Å². The second kappa shape index (κ2) is 10.7. The Labute approximate surface area is 187 Å². The summed E-state index contributed by atoms with van der Waals surface area (Å²) in [6.45, 7) is 5.26. The van der Waals surface area contributed by atoms with Crippen molar-refractivity contribution in [3.63, 3.8) is 0 Å². The van der Waals surface area contributed by atoms with Gasteiger partial charge in [-0.1, -0.05) is 60.7 Å². The Morgan fingerprint density at radius 2 is 1.42 bits per heavy atom. The van der Waals surface area contributed by atoms with E-state index in [0.29, 0.717) is 12.1 Å². The number of hydrogen-bond donors (Lipinski definition) is 0. The zero-order valence-electron chi connectivity index (χ0n) is 18.7. The number of rotatable bonds is 6. The van der Waals surface area contributed by atoms with Crippen LogP contribution in [0.15, 0.2) is 66.7 Å². The van der Waals surface area contributed by atoms with E-state index in [1.165, 1.54) is 5.56 Å². The minimum Gasteiger partial charge on any atom is -0.333 e. The van der Waals surface area contributed by atoms with E-state index in [-0.39, 0.29) is 5.91 Å². The molecule has 2 aliphatic rings. The maximum absolute atomic E-state index is 13.4. The fourth-order valence-corrected chi connectivity index (χ4v) is 4.95. The monoisotopic (exact) mass is 417 g/mol. The van der Waals surface area contributed by atoms with Crippen molar-refractivity contribution in [2.75, 3.05) is 33.2 Å². The molecule has 164 valence electrons. The molecule has 2 aromatic rings. The Kier molecular flexibility index (Phi) is 7.55. The molecule has 0 N–H and O–H groups in total. The Balaban J connectivity index is 1.42. The fraction of sp³-hybridized carbons (Fsp3) is 0.444. The summed E-state index contributed by atoms with van der Waals surface area (Å²) in [7, 11) is 2.18. The lowest BCUT2D eigenvalue weighted by atomic mass is 9.96. The van der Waals surface area contributed by atoms with E-state index in [9.17, 15) is 4.79 Å². The number of carbonyl (C=O) groups excluding carboxylic acids is 1. The number of benzene rings is 2. The molecule has 2 aromatic carbocycles. The van der Waals surface area contributed by atoms with Crippen molar-refractivity contribution in [1.29, 1.82) is 0 Å². The van der Waals surface area contributed by atoms with Crippen LogP contribution in [0.1, 0.15) is 36.8 Å². The topological polar surface area (TPSA) is 26.8 Å². The van der Waals surface area contributed by atoms with E-state index in [1.807, 2.05) is 36.4 Å². The molecule has 2 saturated heterocycles. The first-order valence-electron chi connectivity index (χ1n) is 11.7. The molecule has 4 rings (SSSR count). The van der Waals surface area contributed by atoms with Gasteiger partial charge in [0.05, 0.1) is 0 Å². The van der Waals surface area contributed by atoms with E-state index < -0.39 is 0 Å². The van der Waals surface area contributed by atoms with Gasteiger partial charge in [-0.2, -0.15) is 0 Å². The summed E-state index contributed by atoms with van der Waals surface area (Å²) in [5, 5.41) is 0. The zero-order valence-corrected chi connectivity index (χ0v) is 18.7. The molecular weight excluding hydrogens is 382 g/mol. The highest BCUT2D eigenvalue weighted by atomic mass is 16.2. The number of nitrogens with zero attached hydrogens (tertiary/aromatic N) is 3. The summed E-state index contributed by atoms with van der Waals surface area (Å²) >= 11 is 0. The molecule has 31 heavy (non-hydrogen) atoms. The van der Waals surface area contributed by atoms with E-state index >= 15 is 0 Å². The van der Waals surface area contributed by atoms with Gasteiger partial charge in [0.15, 0.2) is 0 Å². The molecule has 2 fully saturated rings. The first-order valence-corrected chi connectivity index (χ1v) is 11.7. The molecule has 2 heterocycles. The van der Waals surface area contributed by atoms with Crippen LogP contribution in [-0.2, 0) is 11.3 Å². The molecule has 0 unspecified atom stereocenters. The van der Waals surface area contributed by atoms with Crippen LogP contribution in [0.5, 0.6) is 0 Å². The third kappa shape index (κ3) is 6.05. The van der Waals surface area contributed by atoms with Gasteiger partial charge < -0.3 is 9.80 Å². The standard InChI is InChI=1S/C27H35N3O/c1-28-18-14-25(15-19-28)30(27(31)13-12-23-8-4-2-5-9-23)26-16-20-29(21-17-26)22-24-10-6-3-7-11-24/h2-13,25-26H,14-22H2,1H3. The maximum Gasteiger partial charge on any atom is 0.247 e. The molecule has 0 saturated carbocycles. The van der Waals surface area contributed by atoms with Crippen molar-refractivity contribution >= 4 is 12.0 Å². The normalized spacial score (nSPS) is 19.6. The third-order valence-electron chi connectivity index (χ3n) is 6.75. The largest absolute Gasteiger partial charge is 0.333 e. The van der Waals surface area contributed by atoms with Gasteiger partial charge in [-0.05, 0) is 63.0 Å². The smallest absolute Gasteiger partial charge is 0.247 e. The molecule has 2 aliphatic heterocycles. The van der Waals surface area contributed by atoms with Crippen LogP contribution in [0.3, 0.4) is 0 Å². The van der Waals surface area contributed by atoms with Gasteiger partial charge in [0.1, 0.15) is 0 Å². The molecular formula is C27H35N3O. The van der Waals surface area contributed by atoms with E-state index in [0.717, 1.165) is 64.0 Å². The van der Waals surface area contributed by atoms with Crippen molar-refractivity contribution in [3.05, 3.63) is 77.9 Å². The van der Waals surface area contributed by atoms with Gasteiger partial charge in [0.25, 0.3) is 0 Å². The van der Waals surface area contributed by atoms with Crippen molar-refractivity contribution in [1.82, 2.24) is 14.7 Å². The van der Waals surface area contributed by atoms with Crippen molar-refractivity contribution in [3.8, 4) is 0 Å². The van der Waals surface area contributed by atoms with Gasteiger partial charge in [-0.25, -0.2) is 0 Å². The maximum atomic E-state index is 13.4.